The molecule has 16 heteroatoms. The first-order valence-electron chi connectivity index (χ1n) is 13.1. The van der Waals surface area contributed by atoms with Crippen molar-refractivity contribution in [1.29, 1.82) is 0 Å². The highest BCUT2D eigenvalue weighted by Gasteiger charge is 2.43. The lowest BCUT2D eigenvalue weighted by Gasteiger charge is -2.35. The number of sulfonamides is 2. The third kappa shape index (κ3) is 7.19. The zero-order chi connectivity index (χ0) is 32.4. The Balaban J connectivity index is 1.50. The van der Waals surface area contributed by atoms with Crippen LogP contribution >= 0.6 is 0 Å². The number of carbonyl (C=O) groups excluding carboxylic acids is 1. The van der Waals surface area contributed by atoms with Gasteiger partial charge < -0.3 is 10.4 Å². The van der Waals surface area contributed by atoms with Crippen LogP contribution in [0.1, 0.15) is 36.3 Å². The number of amides is 1. The minimum atomic E-state index is -4.78. The zero-order valence-electron chi connectivity index (χ0n) is 22.9. The van der Waals surface area contributed by atoms with Crippen LogP contribution in [0.5, 0.6) is 0 Å². The lowest BCUT2D eigenvalue weighted by Crippen LogP contribution is -2.40. The number of carboxylic acid groups (broad SMARTS) is 1. The number of rotatable bonds is 9. The molecule has 0 spiro atoms. The number of hydrogen-bond acceptors (Lipinski definition) is 6. The maximum Gasteiger partial charge on any atom is 0.416 e. The van der Waals surface area contributed by atoms with E-state index >= 15 is 0 Å². The standard InChI is InChI=1S/C28H27F4N3O7S2/c1-33-43(39,40)19-10-12-20(13-11-19)44(41,42)35-18-8-5-16(6-9-18)21-3-2-4-22(25(21)27(37)38)26(36)34-24-14-7-17(15-23(24)29)28(30,31)32/h5-15,21-22,25,33,35H,2-4H2,1H3,(H,34,36)(H,37,38)/t21-,22-,25-/m1/s1. The third-order valence-corrected chi connectivity index (χ3v) is 10.2. The molecule has 0 aliphatic heterocycles. The summed E-state index contributed by atoms with van der Waals surface area (Å²) in [7, 11) is -6.66. The smallest absolute Gasteiger partial charge is 0.416 e. The zero-order valence-corrected chi connectivity index (χ0v) is 24.6. The average Bonchev–Trinajstić information content (AvgIpc) is 2.97. The van der Waals surface area contributed by atoms with Crippen LogP contribution in [0.3, 0.4) is 0 Å². The second kappa shape index (κ2) is 12.5. The number of benzene rings is 3. The normalized spacial score (nSPS) is 19.2. The Morgan fingerprint density at radius 3 is 1.98 bits per heavy atom. The molecule has 1 aliphatic rings. The number of hydrogen-bond donors (Lipinski definition) is 4. The second-order valence-corrected chi connectivity index (χ2v) is 13.7. The molecular formula is C28H27F4N3O7S2. The molecule has 3 aromatic carbocycles. The fraction of sp³-hybridized carbons (Fsp3) is 0.286. The molecule has 0 unspecified atom stereocenters. The van der Waals surface area contributed by atoms with E-state index in [0.29, 0.717) is 24.5 Å². The monoisotopic (exact) mass is 657 g/mol. The van der Waals surface area contributed by atoms with E-state index in [4.69, 9.17) is 0 Å². The van der Waals surface area contributed by atoms with Crippen LogP contribution in [-0.2, 0) is 35.8 Å². The maximum absolute atomic E-state index is 14.3. The Hall–Kier alpha value is -4.02. The molecule has 0 radical (unpaired) electrons. The summed E-state index contributed by atoms with van der Waals surface area (Å²) in [5, 5.41) is 12.3. The van der Waals surface area contributed by atoms with E-state index in [1.165, 1.54) is 31.3 Å². The predicted octanol–water partition coefficient (Wildman–Crippen LogP) is 4.78. The van der Waals surface area contributed by atoms with Crippen LogP contribution in [0.2, 0.25) is 0 Å². The van der Waals surface area contributed by atoms with E-state index in [9.17, 15) is 49.1 Å². The molecule has 44 heavy (non-hydrogen) atoms. The first-order valence-corrected chi connectivity index (χ1v) is 16.1. The molecule has 1 fully saturated rings. The first-order chi connectivity index (χ1) is 20.5. The lowest BCUT2D eigenvalue weighted by molar-refractivity contribution is -0.148. The topological polar surface area (TPSA) is 159 Å². The summed E-state index contributed by atoms with van der Waals surface area (Å²) in [5.41, 5.74) is -1.11. The Bertz CT molecular complexity index is 1760. The summed E-state index contributed by atoms with van der Waals surface area (Å²) in [5.74, 6) is -6.52. The van der Waals surface area contributed by atoms with Gasteiger partial charge in [-0.05, 0) is 86.0 Å². The van der Waals surface area contributed by atoms with Crippen molar-refractivity contribution in [3.8, 4) is 0 Å². The van der Waals surface area contributed by atoms with Crippen LogP contribution in [0, 0.1) is 17.7 Å². The van der Waals surface area contributed by atoms with Crippen LogP contribution in [0.4, 0.5) is 28.9 Å². The Morgan fingerprint density at radius 2 is 1.45 bits per heavy atom. The molecular weight excluding hydrogens is 630 g/mol. The molecule has 1 aliphatic carbocycles. The fourth-order valence-electron chi connectivity index (χ4n) is 5.16. The fourth-order valence-corrected chi connectivity index (χ4v) is 6.94. The summed E-state index contributed by atoms with van der Waals surface area (Å²) < 4.78 is 107. The molecule has 236 valence electrons. The highest BCUT2D eigenvalue weighted by atomic mass is 32.2. The Kier molecular flexibility index (Phi) is 9.37. The van der Waals surface area contributed by atoms with Crippen molar-refractivity contribution in [1.82, 2.24) is 4.72 Å². The molecule has 0 bridgehead atoms. The summed E-state index contributed by atoms with van der Waals surface area (Å²) in [4.78, 5) is 25.1. The number of carboxylic acids is 1. The van der Waals surface area contributed by atoms with Gasteiger partial charge in [0.25, 0.3) is 10.0 Å². The van der Waals surface area contributed by atoms with Gasteiger partial charge in [-0.15, -0.1) is 0 Å². The van der Waals surface area contributed by atoms with E-state index < -0.39 is 72.9 Å². The summed E-state index contributed by atoms with van der Waals surface area (Å²) in [6.45, 7) is 0. The molecule has 0 aromatic heterocycles. The van der Waals surface area contributed by atoms with Gasteiger partial charge in [0.2, 0.25) is 15.9 Å². The Morgan fingerprint density at radius 1 is 0.864 bits per heavy atom. The Labute approximate surface area is 250 Å². The molecule has 0 saturated heterocycles. The molecule has 1 saturated carbocycles. The van der Waals surface area contributed by atoms with E-state index in [1.807, 2.05) is 0 Å². The van der Waals surface area contributed by atoms with Crippen molar-refractivity contribution in [3.63, 3.8) is 0 Å². The van der Waals surface area contributed by atoms with Crippen LogP contribution in [0.25, 0.3) is 0 Å². The lowest BCUT2D eigenvalue weighted by atomic mass is 9.69. The molecule has 4 N–H and O–H groups in total. The van der Waals surface area contributed by atoms with Crippen molar-refractivity contribution in [2.24, 2.45) is 11.8 Å². The van der Waals surface area contributed by atoms with Gasteiger partial charge in [0, 0.05) is 5.69 Å². The van der Waals surface area contributed by atoms with Crippen LogP contribution in [0.15, 0.2) is 76.5 Å². The number of anilines is 2. The van der Waals surface area contributed by atoms with Crippen molar-refractivity contribution < 1.29 is 49.1 Å². The molecule has 4 rings (SSSR count). The average molecular weight is 658 g/mol. The third-order valence-electron chi connectivity index (χ3n) is 7.38. The number of aliphatic carboxylic acids is 1. The van der Waals surface area contributed by atoms with Gasteiger partial charge in [0.1, 0.15) is 5.82 Å². The largest absolute Gasteiger partial charge is 0.481 e. The minimum Gasteiger partial charge on any atom is -0.481 e. The van der Waals surface area contributed by atoms with Gasteiger partial charge >= 0.3 is 12.1 Å². The number of carbonyl (C=O) groups is 2. The summed E-state index contributed by atoms with van der Waals surface area (Å²) in [6, 6.07) is 12.0. The van der Waals surface area contributed by atoms with E-state index in [-0.39, 0.29) is 28.0 Å². The van der Waals surface area contributed by atoms with Crippen molar-refractivity contribution in [2.45, 2.75) is 41.1 Å². The highest BCUT2D eigenvalue weighted by Crippen LogP contribution is 2.43. The number of alkyl halides is 3. The number of nitrogens with one attached hydrogen (secondary N) is 3. The molecule has 1 amide bonds. The SMILES string of the molecule is CNS(=O)(=O)c1ccc(S(=O)(=O)Nc2ccc([C@H]3CCC[C@@H](C(=O)Nc4ccc(C(F)(F)F)cc4F)[C@@H]3C(=O)O)cc2)cc1. The van der Waals surface area contributed by atoms with Gasteiger partial charge in [-0.1, -0.05) is 18.6 Å². The molecule has 3 atom stereocenters. The van der Waals surface area contributed by atoms with Gasteiger partial charge in [-0.25, -0.2) is 25.9 Å². The van der Waals surface area contributed by atoms with Crippen molar-refractivity contribution in [3.05, 3.63) is 83.7 Å². The summed E-state index contributed by atoms with van der Waals surface area (Å²) >= 11 is 0. The van der Waals surface area contributed by atoms with Gasteiger partial charge in [0.05, 0.1) is 32.9 Å². The molecule has 0 heterocycles. The van der Waals surface area contributed by atoms with Crippen LogP contribution < -0.4 is 14.8 Å². The molecule has 10 nitrogen and oxygen atoms in total. The second-order valence-electron chi connectivity index (χ2n) is 10.1. The quantitative estimate of drug-likeness (QED) is 0.241. The van der Waals surface area contributed by atoms with Gasteiger partial charge in [-0.3, -0.25) is 14.3 Å². The van der Waals surface area contributed by atoms with Gasteiger partial charge in [0.15, 0.2) is 0 Å². The van der Waals surface area contributed by atoms with Crippen molar-refractivity contribution in [2.75, 3.05) is 17.1 Å². The van der Waals surface area contributed by atoms with Gasteiger partial charge in [-0.2, -0.15) is 13.2 Å². The van der Waals surface area contributed by atoms with E-state index in [1.54, 1.807) is 0 Å². The van der Waals surface area contributed by atoms with E-state index in [0.717, 1.165) is 30.3 Å². The first kappa shape index (κ1) is 32.9. The predicted molar refractivity (Wildman–Crippen MR) is 151 cm³/mol. The molecule has 3 aromatic rings. The van der Waals surface area contributed by atoms with Crippen molar-refractivity contribution >= 4 is 43.3 Å². The summed E-state index contributed by atoms with van der Waals surface area (Å²) in [6.07, 6.45) is -3.83. The number of halogens is 4. The minimum absolute atomic E-state index is 0.125. The van der Waals surface area contributed by atoms with E-state index in [2.05, 4.69) is 14.8 Å². The highest BCUT2D eigenvalue weighted by molar-refractivity contribution is 7.92. The van der Waals surface area contributed by atoms with Crippen LogP contribution in [-0.4, -0.2) is 40.9 Å². The maximum atomic E-state index is 14.3.